The summed E-state index contributed by atoms with van der Waals surface area (Å²) in [5.41, 5.74) is 1.82. The van der Waals surface area contributed by atoms with E-state index in [4.69, 9.17) is 32.7 Å². The van der Waals surface area contributed by atoms with E-state index in [1.54, 1.807) is 30.3 Å². The van der Waals surface area contributed by atoms with Crippen LogP contribution in [0.2, 0.25) is 10.0 Å². The van der Waals surface area contributed by atoms with Crippen molar-refractivity contribution in [1.29, 1.82) is 0 Å². The SMILES string of the molecule is COc1cc(/C=N/NC(=O)c2ccccc2C(F)(F)F)cc(I)c1OCc1ccc(Cl)cc1Cl. The largest absolute Gasteiger partial charge is 0.493 e. The molecule has 0 spiro atoms. The Balaban J connectivity index is 1.74. The number of hydrogen-bond donors (Lipinski definition) is 1. The minimum Gasteiger partial charge on any atom is -0.493 e. The van der Waals surface area contributed by atoms with Gasteiger partial charge in [0.15, 0.2) is 11.5 Å². The quantitative estimate of drug-likeness (QED) is 0.176. The zero-order valence-corrected chi connectivity index (χ0v) is 21.1. The van der Waals surface area contributed by atoms with E-state index < -0.39 is 23.2 Å². The molecule has 34 heavy (non-hydrogen) atoms. The molecule has 0 bridgehead atoms. The molecule has 0 aliphatic carbocycles. The van der Waals surface area contributed by atoms with Crippen molar-refractivity contribution in [3.8, 4) is 11.5 Å². The van der Waals surface area contributed by atoms with Crippen LogP contribution in [-0.4, -0.2) is 19.2 Å². The van der Waals surface area contributed by atoms with Crippen LogP contribution in [0.4, 0.5) is 13.2 Å². The summed E-state index contributed by atoms with van der Waals surface area (Å²) in [5, 5.41) is 4.76. The van der Waals surface area contributed by atoms with E-state index in [1.807, 2.05) is 22.6 Å². The fourth-order valence-corrected chi connectivity index (χ4v) is 4.14. The van der Waals surface area contributed by atoms with Gasteiger partial charge in [-0.15, -0.1) is 0 Å². The summed E-state index contributed by atoms with van der Waals surface area (Å²) >= 11 is 14.1. The highest BCUT2D eigenvalue weighted by atomic mass is 127. The molecule has 1 N–H and O–H groups in total. The number of benzene rings is 3. The Kier molecular flexibility index (Phi) is 8.67. The summed E-state index contributed by atoms with van der Waals surface area (Å²) in [7, 11) is 1.46. The average Bonchev–Trinajstić information content (AvgIpc) is 2.78. The van der Waals surface area contributed by atoms with Crippen LogP contribution in [0.25, 0.3) is 0 Å². The molecular weight excluding hydrogens is 607 g/mol. The smallest absolute Gasteiger partial charge is 0.417 e. The van der Waals surface area contributed by atoms with Crippen LogP contribution in [0.3, 0.4) is 0 Å². The number of carbonyl (C=O) groups excluding carboxylic acids is 1. The molecule has 3 aromatic carbocycles. The van der Waals surface area contributed by atoms with Crippen LogP contribution in [0, 0.1) is 3.57 Å². The van der Waals surface area contributed by atoms with Gasteiger partial charge in [0, 0.05) is 15.6 Å². The molecule has 0 aliphatic rings. The molecule has 0 saturated heterocycles. The lowest BCUT2D eigenvalue weighted by molar-refractivity contribution is -0.137. The molecule has 0 aliphatic heterocycles. The Morgan fingerprint density at radius 3 is 2.56 bits per heavy atom. The second kappa shape index (κ2) is 11.3. The van der Waals surface area contributed by atoms with E-state index in [9.17, 15) is 18.0 Å². The molecule has 0 unspecified atom stereocenters. The second-order valence-corrected chi connectivity index (χ2v) is 8.81. The first-order valence-corrected chi connectivity index (χ1v) is 11.4. The first-order valence-electron chi connectivity index (χ1n) is 9.54. The van der Waals surface area contributed by atoms with Crippen molar-refractivity contribution in [3.63, 3.8) is 0 Å². The highest BCUT2D eigenvalue weighted by molar-refractivity contribution is 14.1. The molecular formula is C23H16Cl2F3IN2O3. The molecule has 0 aromatic heterocycles. The third kappa shape index (κ3) is 6.55. The Labute approximate surface area is 217 Å². The molecule has 11 heteroatoms. The summed E-state index contributed by atoms with van der Waals surface area (Å²) in [6, 6.07) is 12.9. The number of hydrazone groups is 1. The fraction of sp³-hybridized carbons (Fsp3) is 0.130. The molecule has 3 aromatic rings. The van der Waals surface area contributed by atoms with E-state index in [1.165, 1.54) is 25.5 Å². The first kappa shape index (κ1) is 26.1. The summed E-state index contributed by atoms with van der Waals surface area (Å²) in [4.78, 5) is 12.2. The number of nitrogens with one attached hydrogen (secondary N) is 1. The molecule has 0 saturated carbocycles. The molecule has 0 fully saturated rings. The Hall–Kier alpha value is -2.50. The first-order chi connectivity index (χ1) is 16.1. The van der Waals surface area contributed by atoms with Gasteiger partial charge in [0.05, 0.1) is 28.0 Å². The molecule has 0 atom stereocenters. The normalized spacial score (nSPS) is 11.5. The van der Waals surface area contributed by atoms with Crippen molar-refractivity contribution in [2.75, 3.05) is 7.11 Å². The Morgan fingerprint density at radius 1 is 1.15 bits per heavy atom. The molecule has 0 radical (unpaired) electrons. The average molecular weight is 623 g/mol. The topological polar surface area (TPSA) is 59.9 Å². The van der Waals surface area contributed by atoms with Gasteiger partial charge in [-0.25, -0.2) is 5.43 Å². The number of hydrogen-bond acceptors (Lipinski definition) is 4. The molecule has 3 rings (SSSR count). The van der Waals surface area contributed by atoms with Crippen LogP contribution in [0.15, 0.2) is 59.7 Å². The lowest BCUT2D eigenvalue weighted by Crippen LogP contribution is -2.22. The van der Waals surface area contributed by atoms with Gasteiger partial charge in [0.25, 0.3) is 5.91 Å². The summed E-state index contributed by atoms with van der Waals surface area (Å²) in [6.45, 7) is 0.171. The monoisotopic (exact) mass is 622 g/mol. The maximum Gasteiger partial charge on any atom is 0.417 e. The van der Waals surface area contributed by atoms with E-state index >= 15 is 0 Å². The van der Waals surface area contributed by atoms with Crippen molar-refractivity contribution in [2.24, 2.45) is 5.10 Å². The number of carbonyl (C=O) groups is 1. The third-order valence-electron chi connectivity index (χ3n) is 4.50. The summed E-state index contributed by atoms with van der Waals surface area (Å²) < 4.78 is 51.3. The van der Waals surface area contributed by atoms with E-state index in [0.717, 1.165) is 17.7 Å². The standard InChI is InChI=1S/C23H16Cl2F3IN2O3/c1-33-20-9-13(8-19(29)21(20)34-12-14-6-7-15(24)10-18(14)25)11-30-31-22(32)16-4-2-3-5-17(16)23(26,27)28/h2-11H,12H2,1H3,(H,31,32)/b30-11+. The summed E-state index contributed by atoms with van der Waals surface area (Å²) in [6.07, 6.45) is -3.37. The predicted molar refractivity (Wildman–Crippen MR) is 133 cm³/mol. The Bertz CT molecular complexity index is 1240. The van der Waals surface area contributed by atoms with Gasteiger partial charge in [-0.3, -0.25) is 4.79 Å². The van der Waals surface area contributed by atoms with Crippen LogP contribution in [0.1, 0.15) is 27.0 Å². The van der Waals surface area contributed by atoms with Crippen molar-refractivity contribution >= 4 is 57.9 Å². The van der Waals surface area contributed by atoms with Gasteiger partial charge in [-0.1, -0.05) is 41.4 Å². The number of nitrogens with zero attached hydrogens (tertiary/aromatic N) is 1. The minimum absolute atomic E-state index is 0.171. The van der Waals surface area contributed by atoms with E-state index in [2.05, 4.69) is 10.5 Å². The number of methoxy groups -OCH3 is 1. The lowest BCUT2D eigenvalue weighted by atomic mass is 10.1. The zero-order valence-electron chi connectivity index (χ0n) is 17.4. The van der Waals surface area contributed by atoms with Crippen LogP contribution >= 0.6 is 45.8 Å². The maximum absolute atomic E-state index is 13.1. The zero-order chi connectivity index (χ0) is 24.9. The van der Waals surface area contributed by atoms with Crippen molar-refractivity contribution in [2.45, 2.75) is 12.8 Å². The van der Waals surface area contributed by atoms with Crippen LogP contribution in [0.5, 0.6) is 11.5 Å². The lowest BCUT2D eigenvalue weighted by Gasteiger charge is -2.14. The number of rotatable bonds is 7. The highest BCUT2D eigenvalue weighted by Crippen LogP contribution is 2.35. The van der Waals surface area contributed by atoms with Gasteiger partial charge >= 0.3 is 6.18 Å². The summed E-state index contributed by atoms with van der Waals surface area (Å²) in [5.74, 6) is -0.118. The van der Waals surface area contributed by atoms with Gasteiger partial charge in [0.2, 0.25) is 0 Å². The Morgan fingerprint density at radius 2 is 1.88 bits per heavy atom. The van der Waals surface area contributed by atoms with Crippen LogP contribution < -0.4 is 14.9 Å². The van der Waals surface area contributed by atoms with Crippen molar-refractivity contribution in [1.82, 2.24) is 5.43 Å². The van der Waals surface area contributed by atoms with Gasteiger partial charge < -0.3 is 9.47 Å². The number of halogens is 6. The fourth-order valence-electron chi connectivity index (χ4n) is 2.90. The molecule has 5 nitrogen and oxygen atoms in total. The maximum atomic E-state index is 13.1. The van der Waals surface area contributed by atoms with Crippen molar-refractivity contribution in [3.05, 3.63) is 90.5 Å². The number of alkyl halides is 3. The van der Waals surface area contributed by atoms with Gasteiger partial charge in [0.1, 0.15) is 6.61 Å². The van der Waals surface area contributed by atoms with Gasteiger partial charge in [-0.2, -0.15) is 18.3 Å². The molecule has 1 amide bonds. The number of amides is 1. The molecule has 178 valence electrons. The van der Waals surface area contributed by atoms with Gasteiger partial charge in [-0.05, 0) is 64.6 Å². The van der Waals surface area contributed by atoms with Crippen molar-refractivity contribution < 1.29 is 27.4 Å². The predicted octanol–water partition coefficient (Wildman–Crippen LogP) is 6.97. The van der Waals surface area contributed by atoms with E-state index in [-0.39, 0.29) is 6.61 Å². The van der Waals surface area contributed by atoms with Crippen LogP contribution in [-0.2, 0) is 12.8 Å². The second-order valence-electron chi connectivity index (χ2n) is 6.80. The highest BCUT2D eigenvalue weighted by Gasteiger charge is 2.34. The number of ether oxygens (including phenoxy) is 2. The minimum atomic E-state index is -4.66. The molecule has 0 heterocycles. The van der Waals surface area contributed by atoms with E-state index in [0.29, 0.717) is 30.7 Å². The third-order valence-corrected chi connectivity index (χ3v) is 5.88.